The molecule has 1 aromatic heterocycles. The summed E-state index contributed by atoms with van der Waals surface area (Å²) in [5.41, 5.74) is 11.8. The fourth-order valence-corrected chi connectivity index (χ4v) is 6.59. The maximum Gasteiger partial charge on any atom is 0.140 e. The Hall–Kier alpha value is -1.78. The number of aliphatic hydroxyl groups is 1. The Bertz CT molecular complexity index is 796. The Kier molecular flexibility index (Phi) is 4.59. The van der Waals surface area contributed by atoms with Crippen LogP contribution in [0.2, 0.25) is 0 Å². The topological polar surface area (TPSA) is 95.0 Å². The molecule has 0 aliphatic heterocycles. The van der Waals surface area contributed by atoms with Crippen LogP contribution in [0.15, 0.2) is 27.5 Å². The van der Waals surface area contributed by atoms with Crippen LogP contribution in [0, 0.1) is 34.5 Å². The zero-order chi connectivity index (χ0) is 19.2. The summed E-state index contributed by atoms with van der Waals surface area (Å²) in [6.07, 6.45) is 9.21. The zero-order valence-corrected chi connectivity index (χ0v) is 16.6. The van der Waals surface area contributed by atoms with Gasteiger partial charge >= 0.3 is 0 Å². The number of fused-ring (bicyclic) bond motifs is 2. The molecule has 6 nitrogen and oxygen atoms in total. The predicted octanol–water partition coefficient (Wildman–Crippen LogP) is 4.70. The van der Waals surface area contributed by atoms with Gasteiger partial charge in [0, 0.05) is 30.0 Å². The normalized spacial score (nSPS) is 40.7. The van der Waals surface area contributed by atoms with Crippen molar-refractivity contribution < 1.29 is 9.63 Å². The third-order valence-electron chi connectivity index (χ3n) is 8.49. The van der Waals surface area contributed by atoms with E-state index in [1.54, 1.807) is 0 Å². The first-order valence-corrected chi connectivity index (χ1v) is 10.2. The van der Waals surface area contributed by atoms with E-state index in [0.717, 1.165) is 31.4 Å². The molecule has 1 saturated carbocycles. The van der Waals surface area contributed by atoms with Crippen LogP contribution in [0.1, 0.15) is 51.4 Å². The first-order valence-electron chi connectivity index (χ1n) is 10.2. The number of rotatable bonds is 4. The summed E-state index contributed by atoms with van der Waals surface area (Å²) in [6.45, 7) is 7.68. The van der Waals surface area contributed by atoms with E-state index in [1.165, 1.54) is 17.6 Å². The molecule has 146 valence electrons. The number of nitrogens with zero attached hydrogens (tertiary/aromatic N) is 4. The molecule has 1 fully saturated rings. The van der Waals surface area contributed by atoms with Crippen molar-refractivity contribution in [2.24, 2.45) is 39.6 Å². The van der Waals surface area contributed by atoms with Gasteiger partial charge in [-0.1, -0.05) is 35.8 Å². The van der Waals surface area contributed by atoms with E-state index in [1.807, 2.05) is 6.20 Å². The number of aromatic nitrogens is 1. The van der Waals surface area contributed by atoms with Gasteiger partial charge in [-0.2, -0.15) is 0 Å². The highest BCUT2D eigenvalue weighted by molar-refractivity contribution is 5.26. The highest BCUT2D eigenvalue weighted by Crippen LogP contribution is 2.61. The van der Waals surface area contributed by atoms with Gasteiger partial charge in [-0.05, 0) is 72.6 Å². The molecule has 6 atom stereocenters. The van der Waals surface area contributed by atoms with Gasteiger partial charge in [0.05, 0.1) is 6.20 Å². The summed E-state index contributed by atoms with van der Waals surface area (Å²) in [7, 11) is 0. The fraction of sp³-hybridized carbons (Fsp3) is 0.762. The molecule has 1 N–H and O–H groups in total. The third-order valence-corrected chi connectivity index (χ3v) is 8.49. The summed E-state index contributed by atoms with van der Waals surface area (Å²) in [4.78, 5) is 3.09. The van der Waals surface area contributed by atoms with Crippen LogP contribution in [-0.4, -0.2) is 23.4 Å². The van der Waals surface area contributed by atoms with Crippen LogP contribution in [0.3, 0.4) is 0 Å². The van der Waals surface area contributed by atoms with E-state index >= 15 is 0 Å². The second kappa shape index (κ2) is 6.68. The lowest BCUT2D eigenvalue weighted by molar-refractivity contribution is -0.0571. The molecule has 3 aliphatic carbocycles. The molecule has 0 aromatic carbocycles. The van der Waals surface area contributed by atoms with E-state index in [2.05, 4.69) is 42.0 Å². The van der Waals surface area contributed by atoms with Crippen LogP contribution in [0.4, 0.5) is 0 Å². The number of hydrogen-bond donors (Lipinski definition) is 1. The largest absolute Gasteiger partial charge is 0.396 e. The maximum absolute atomic E-state index is 10.2. The van der Waals surface area contributed by atoms with Gasteiger partial charge in [0.25, 0.3) is 0 Å². The molecule has 3 aliphatic rings. The Morgan fingerprint density at radius 3 is 2.96 bits per heavy atom. The average molecular weight is 370 g/mol. The highest BCUT2D eigenvalue weighted by Gasteiger charge is 2.55. The number of allylic oxidation sites excluding steroid dienone is 2. The monoisotopic (exact) mass is 370 g/mol. The van der Waals surface area contributed by atoms with Crippen LogP contribution in [-0.2, 0) is 12.8 Å². The average Bonchev–Trinajstić information content (AvgIpc) is 3.22. The molecule has 0 bridgehead atoms. The molecule has 0 saturated heterocycles. The molecule has 1 heterocycles. The SMILES string of the molecule is CC1=CC[C@H]2[C@H](CN=[N+]=[N-])[C@@H]([C@@]3(C)Cc4cnoc4C[C@@H]3CO)CC[C@]12C. The molecule has 4 rings (SSSR count). The predicted molar refractivity (Wildman–Crippen MR) is 103 cm³/mol. The molecular formula is C21H30N4O2. The van der Waals surface area contributed by atoms with Crippen LogP contribution in [0.25, 0.3) is 10.4 Å². The first-order chi connectivity index (χ1) is 12.9. The van der Waals surface area contributed by atoms with Crippen molar-refractivity contribution in [3.05, 3.63) is 39.6 Å². The summed E-state index contributed by atoms with van der Waals surface area (Å²) in [5, 5.41) is 18.2. The quantitative estimate of drug-likeness (QED) is 0.360. The Morgan fingerprint density at radius 2 is 2.22 bits per heavy atom. The summed E-state index contributed by atoms with van der Waals surface area (Å²) >= 11 is 0. The van der Waals surface area contributed by atoms with E-state index in [-0.39, 0.29) is 23.4 Å². The van der Waals surface area contributed by atoms with Crippen molar-refractivity contribution in [3.63, 3.8) is 0 Å². The van der Waals surface area contributed by atoms with E-state index in [9.17, 15) is 5.11 Å². The molecule has 0 spiro atoms. The number of hydrogen-bond acceptors (Lipinski definition) is 4. The lowest BCUT2D eigenvalue weighted by atomic mass is 9.49. The van der Waals surface area contributed by atoms with Gasteiger partial charge in [0.15, 0.2) is 0 Å². The summed E-state index contributed by atoms with van der Waals surface area (Å²) in [5.74, 6) is 2.35. The van der Waals surface area contributed by atoms with E-state index in [4.69, 9.17) is 10.1 Å². The molecule has 6 heteroatoms. The van der Waals surface area contributed by atoms with Crippen molar-refractivity contribution in [2.75, 3.05) is 13.2 Å². The van der Waals surface area contributed by atoms with Gasteiger partial charge in [0.1, 0.15) is 5.76 Å². The Labute approximate surface area is 160 Å². The second-order valence-electron chi connectivity index (χ2n) is 9.41. The minimum absolute atomic E-state index is 0.0409. The summed E-state index contributed by atoms with van der Waals surface area (Å²) < 4.78 is 5.42. The fourth-order valence-electron chi connectivity index (χ4n) is 6.59. The minimum Gasteiger partial charge on any atom is -0.396 e. The molecule has 0 unspecified atom stereocenters. The Balaban J connectivity index is 1.71. The van der Waals surface area contributed by atoms with Crippen molar-refractivity contribution in [1.29, 1.82) is 0 Å². The first kappa shape index (κ1) is 18.6. The maximum atomic E-state index is 10.2. The van der Waals surface area contributed by atoms with Crippen LogP contribution < -0.4 is 0 Å². The summed E-state index contributed by atoms with van der Waals surface area (Å²) in [6, 6.07) is 0. The van der Waals surface area contributed by atoms with Crippen molar-refractivity contribution >= 4 is 0 Å². The van der Waals surface area contributed by atoms with Gasteiger partial charge in [-0.25, -0.2) is 0 Å². The standard InChI is InChI=1S/C21H30N4O2/c1-13-4-5-17-16(11-23-25-22)18(6-7-20(13,17)2)21(3)9-14-10-24-27-19(14)8-15(21)12-26/h4,10,15-18,26H,5-9,11-12H2,1-3H3/t15-,16+,17+,18+,20-,21+/m1/s1. The van der Waals surface area contributed by atoms with E-state index < -0.39 is 0 Å². The zero-order valence-electron chi connectivity index (χ0n) is 16.6. The number of azide groups is 1. The minimum atomic E-state index is -0.0409. The molecule has 1 aromatic rings. The second-order valence-corrected chi connectivity index (χ2v) is 9.41. The van der Waals surface area contributed by atoms with Gasteiger partial charge in [-0.3, -0.25) is 0 Å². The van der Waals surface area contributed by atoms with Gasteiger partial charge in [-0.15, -0.1) is 0 Å². The van der Waals surface area contributed by atoms with E-state index in [0.29, 0.717) is 24.3 Å². The lowest BCUT2D eigenvalue weighted by Crippen LogP contribution is -2.52. The van der Waals surface area contributed by atoms with Crippen molar-refractivity contribution in [1.82, 2.24) is 5.16 Å². The van der Waals surface area contributed by atoms with Gasteiger partial charge < -0.3 is 9.63 Å². The Morgan fingerprint density at radius 1 is 1.41 bits per heavy atom. The number of aliphatic hydroxyl groups excluding tert-OH is 1. The van der Waals surface area contributed by atoms with Crippen molar-refractivity contribution in [2.45, 2.75) is 52.9 Å². The smallest absolute Gasteiger partial charge is 0.140 e. The molecule has 0 radical (unpaired) electrons. The molecular weight excluding hydrogens is 340 g/mol. The lowest BCUT2D eigenvalue weighted by Gasteiger charge is -2.56. The van der Waals surface area contributed by atoms with Crippen LogP contribution in [0.5, 0.6) is 0 Å². The third kappa shape index (κ3) is 2.73. The van der Waals surface area contributed by atoms with Gasteiger partial charge in [0.2, 0.25) is 0 Å². The highest BCUT2D eigenvalue weighted by atomic mass is 16.5. The molecule has 0 amide bonds. The molecule has 27 heavy (non-hydrogen) atoms. The van der Waals surface area contributed by atoms with Crippen LogP contribution >= 0.6 is 0 Å². The van der Waals surface area contributed by atoms with Crippen molar-refractivity contribution in [3.8, 4) is 0 Å².